The number of hydrogen-bond acceptors (Lipinski definition) is 4. The number of ether oxygens (including phenoxy) is 1. The number of nitrogens with one attached hydrogen (secondary N) is 2. The van der Waals surface area contributed by atoms with Crippen LogP contribution in [0.2, 0.25) is 0 Å². The molecule has 2 atom stereocenters. The zero-order valence-corrected chi connectivity index (χ0v) is 10.8. The molecule has 18 heavy (non-hydrogen) atoms. The van der Waals surface area contributed by atoms with Gasteiger partial charge in [-0.25, -0.2) is 4.79 Å². The van der Waals surface area contributed by atoms with E-state index in [0.29, 0.717) is 0 Å². The van der Waals surface area contributed by atoms with Crippen LogP contribution in [0.25, 0.3) is 0 Å². The van der Waals surface area contributed by atoms with E-state index in [1.165, 1.54) is 6.92 Å². The van der Waals surface area contributed by atoms with E-state index in [4.69, 9.17) is 9.84 Å². The second-order valence-electron chi connectivity index (χ2n) is 4.49. The molecule has 1 heterocycles. The van der Waals surface area contributed by atoms with E-state index >= 15 is 0 Å². The van der Waals surface area contributed by atoms with Crippen molar-refractivity contribution in [3.8, 4) is 0 Å². The van der Waals surface area contributed by atoms with Crippen molar-refractivity contribution in [2.24, 2.45) is 0 Å². The molecule has 0 aromatic carbocycles. The molecule has 0 aromatic heterocycles. The quantitative estimate of drug-likeness (QED) is 0.618. The van der Waals surface area contributed by atoms with Gasteiger partial charge in [-0.3, -0.25) is 9.69 Å². The number of carbonyl (C=O) groups excluding carboxylic acids is 1. The van der Waals surface area contributed by atoms with Gasteiger partial charge in [0.25, 0.3) is 0 Å². The van der Waals surface area contributed by atoms with Crippen LogP contribution in [0.4, 0.5) is 4.79 Å². The molecule has 104 valence electrons. The van der Waals surface area contributed by atoms with Gasteiger partial charge in [-0.1, -0.05) is 0 Å². The number of morpholine rings is 1. The SMILES string of the molecule is CC(CN1CCOCC1)NC(=O)N[C@H](C)C(=O)O. The van der Waals surface area contributed by atoms with Crippen LogP contribution in [-0.2, 0) is 9.53 Å². The van der Waals surface area contributed by atoms with Crippen LogP contribution < -0.4 is 10.6 Å². The Labute approximate surface area is 106 Å². The van der Waals surface area contributed by atoms with Crippen LogP contribution in [-0.4, -0.2) is 66.9 Å². The Balaban J connectivity index is 2.24. The summed E-state index contributed by atoms with van der Waals surface area (Å²) in [5.74, 6) is -1.05. The predicted molar refractivity (Wildman–Crippen MR) is 65.5 cm³/mol. The third-order valence-electron chi connectivity index (χ3n) is 2.73. The topological polar surface area (TPSA) is 90.9 Å². The van der Waals surface area contributed by atoms with Gasteiger partial charge in [0.15, 0.2) is 0 Å². The fourth-order valence-corrected chi connectivity index (χ4v) is 1.74. The fourth-order valence-electron chi connectivity index (χ4n) is 1.74. The molecular weight excluding hydrogens is 238 g/mol. The number of hydrogen-bond donors (Lipinski definition) is 3. The van der Waals surface area contributed by atoms with Crippen molar-refractivity contribution in [3.05, 3.63) is 0 Å². The van der Waals surface area contributed by atoms with E-state index < -0.39 is 18.0 Å². The van der Waals surface area contributed by atoms with E-state index in [1.54, 1.807) is 0 Å². The summed E-state index contributed by atoms with van der Waals surface area (Å²) in [6, 6.07) is -1.38. The summed E-state index contributed by atoms with van der Waals surface area (Å²) in [5.41, 5.74) is 0. The number of aliphatic carboxylic acids is 1. The van der Waals surface area contributed by atoms with E-state index in [9.17, 15) is 9.59 Å². The Morgan fingerprint density at radius 1 is 1.28 bits per heavy atom. The van der Waals surface area contributed by atoms with Crippen LogP contribution in [0, 0.1) is 0 Å². The van der Waals surface area contributed by atoms with Crippen molar-refractivity contribution in [1.82, 2.24) is 15.5 Å². The molecular formula is C11H21N3O4. The number of carbonyl (C=O) groups is 2. The second-order valence-corrected chi connectivity index (χ2v) is 4.49. The maximum Gasteiger partial charge on any atom is 0.325 e. The highest BCUT2D eigenvalue weighted by Gasteiger charge is 2.17. The Bertz CT molecular complexity index is 292. The van der Waals surface area contributed by atoms with Gasteiger partial charge in [0.2, 0.25) is 0 Å². The molecule has 0 radical (unpaired) electrons. The first-order valence-corrected chi connectivity index (χ1v) is 6.09. The highest BCUT2D eigenvalue weighted by molar-refractivity contribution is 5.82. The molecule has 0 saturated carbocycles. The first-order chi connectivity index (χ1) is 8.49. The molecule has 7 heteroatoms. The molecule has 0 aliphatic carbocycles. The highest BCUT2D eigenvalue weighted by Crippen LogP contribution is 1.98. The number of rotatable bonds is 5. The largest absolute Gasteiger partial charge is 0.480 e. The fraction of sp³-hybridized carbons (Fsp3) is 0.818. The Hall–Kier alpha value is -1.34. The number of carboxylic acids is 1. The zero-order chi connectivity index (χ0) is 13.5. The maximum atomic E-state index is 11.5. The van der Waals surface area contributed by atoms with Crippen molar-refractivity contribution in [1.29, 1.82) is 0 Å². The summed E-state index contributed by atoms with van der Waals surface area (Å²) in [7, 11) is 0. The van der Waals surface area contributed by atoms with Crippen LogP contribution in [0.5, 0.6) is 0 Å². The Morgan fingerprint density at radius 2 is 1.89 bits per heavy atom. The third-order valence-corrected chi connectivity index (χ3v) is 2.73. The third kappa shape index (κ3) is 5.33. The zero-order valence-electron chi connectivity index (χ0n) is 10.8. The average molecular weight is 259 g/mol. The molecule has 0 spiro atoms. The van der Waals surface area contributed by atoms with Gasteiger partial charge in [-0.05, 0) is 13.8 Å². The number of amides is 2. The van der Waals surface area contributed by atoms with Gasteiger partial charge in [-0.15, -0.1) is 0 Å². The van der Waals surface area contributed by atoms with Gasteiger partial charge in [0.05, 0.1) is 13.2 Å². The van der Waals surface area contributed by atoms with Crippen molar-refractivity contribution in [3.63, 3.8) is 0 Å². The summed E-state index contributed by atoms with van der Waals surface area (Å²) < 4.78 is 5.23. The van der Waals surface area contributed by atoms with Crippen molar-refractivity contribution < 1.29 is 19.4 Å². The molecule has 1 aliphatic rings. The van der Waals surface area contributed by atoms with Crippen LogP contribution >= 0.6 is 0 Å². The molecule has 2 amide bonds. The van der Waals surface area contributed by atoms with E-state index in [0.717, 1.165) is 32.8 Å². The average Bonchev–Trinajstić information content (AvgIpc) is 2.29. The van der Waals surface area contributed by atoms with Gasteiger partial charge < -0.3 is 20.5 Å². The van der Waals surface area contributed by atoms with Gasteiger partial charge in [0.1, 0.15) is 6.04 Å². The lowest BCUT2D eigenvalue weighted by molar-refractivity contribution is -0.138. The smallest absolute Gasteiger partial charge is 0.325 e. The lowest BCUT2D eigenvalue weighted by Gasteiger charge is -2.29. The molecule has 7 nitrogen and oxygen atoms in total. The number of carboxylic acid groups (broad SMARTS) is 1. The molecule has 1 aliphatic heterocycles. The first kappa shape index (κ1) is 14.7. The summed E-state index contributed by atoms with van der Waals surface area (Å²) in [6.45, 7) is 7.20. The molecule has 3 N–H and O–H groups in total. The van der Waals surface area contributed by atoms with Gasteiger partial charge in [-0.2, -0.15) is 0 Å². The van der Waals surface area contributed by atoms with Crippen molar-refractivity contribution in [2.45, 2.75) is 25.9 Å². The van der Waals surface area contributed by atoms with Crippen LogP contribution in [0.1, 0.15) is 13.8 Å². The van der Waals surface area contributed by atoms with Crippen LogP contribution in [0.15, 0.2) is 0 Å². The predicted octanol–water partition coefficient (Wildman–Crippen LogP) is -0.521. The van der Waals surface area contributed by atoms with E-state index in [1.807, 2.05) is 6.92 Å². The normalized spacial score (nSPS) is 19.9. The van der Waals surface area contributed by atoms with Crippen molar-refractivity contribution >= 4 is 12.0 Å². The number of urea groups is 1. The summed E-state index contributed by atoms with van der Waals surface area (Å²) >= 11 is 0. The molecule has 0 bridgehead atoms. The summed E-state index contributed by atoms with van der Waals surface area (Å²) in [4.78, 5) is 24.3. The minimum absolute atomic E-state index is 0.0379. The lowest BCUT2D eigenvalue weighted by atomic mass is 10.3. The number of nitrogens with zero attached hydrogens (tertiary/aromatic N) is 1. The molecule has 1 saturated heterocycles. The maximum absolute atomic E-state index is 11.5. The van der Waals surface area contributed by atoms with Gasteiger partial charge >= 0.3 is 12.0 Å². The standard InChI is InChI=1S/C11H21N3O4/c1-8(7-14-3-5-18-6-4-14)12-11(17)13-9(2)10(15)16/h8-9H,3-7H2,1-2H3,(H,15,16)(H2,12,13,17)/t8?,9-/m1/s1. The van der Waals surface area contributed by atoms with E-state index in [2.05, 4.69) is 15.5 Å². The minimum Gasteiger partial charge on any atom is -0.480 e. The van der Waals surface area contributed by atoms with E-state index in [-0.39, 0.29) is 6.04 Å². The Morgan fingerprint density at radius 3 is 2.44 bits per heavy atom. The molecule has 1 fully saturated rings. The molecule has 0 aromatic rings. The molecule has 1 rings (SSSR count). The Kier molecular flexibility index (Phi) is 5.87. The molecule has 1 unspecified atom stereocenters. The minimum atomic E-state index is -1.05. The van der Waals surface area contributed by atoms with Gasteiger partial charge in [0, 0.05) is 25.7 Å². The highest BCUT2D eigenvalue weighted by atomic mass is 16.5. The van der Waals surface area contributed by atoms with Crippen molar-refractivity contribution in [2.75, 3.05) is 32.8 Å². The first-order valence-electron chi connectivity index (χ1n) is 6.09. The second kappa shape index (κ2) is 7.17. The summed E-state index contributed by atoms with van der Waals surface area (Å²) in [5, 5.41) is 13.7. The lowest BCUT2D eigenvalue weighted by Crippen LogP contribution is -2.51. The van der Waals surface area contributed by atoms with Crippen LogP contribution in [0.3, 0.4) is 0 Å². The summed E-state index contributed by atoms with van der Waals surface area (Å²) in [6.07, 6.45) is 0. The monoisotopic (exact) mass is 259 g/mol.